The van der Waals surface area contributed by atoms with Gasteiger partial charge in [-0.05, 0) is 53.9 Å². The van der Waals surface area contributed by atoms with Crippen LogP contribution in [-0.4, -0.2) is 38.5 Å². The van der Waals surface area contributed by atoms with Crippen molar-refractivity contribution >= 4 is 67.3 Å². The number of ether oxygens (including phenoxy) is 1. The van der Waals surface area contributed by atoms with E-state index in [1.54, 1.807) is 46.2 Å². The van der Waals surface area contributed by atoms with Crippen molar-refractivity contribution in [2.24, 2.45) is 7.05 Å². The van der Waals surface area contributed by atoms with Crippen molar-refractivity contribution in [3.05, 3.63) is 58.0 Å². The quantitative estimate of drug-likeness (QED) is 0.298. The predicted molar refractivity (Wildman–Crippen MR) is 136 cm³/mol. The van der Waals surface area contributed by atoms with E-state index in [0.717, 1.165) is 37.8 Å². The zero-order valence-corrected chi connectivity index (χ0v) is 20.7. The van der Waals surface area contributed by atoms with Crippen LogP contribution in [0.2, 0.25) is 0 Å². The summed E-state index contributed by atoms with van der Waals surface area (Å²) in [5.41, 5.74) is 4.81. The Morgan fingerprint density at radius 2 is 2.18 bits per heavy atom. The van der Waals surface area contributed by atoms with Crippen LogP contribution in [0.1, 0.15) is 21.6 Å². The van der Waals surface area contributed by atoms with Gasteiger partial charge in [0.1, 0.15) is 11.3 Å². The molecule has 0 atom stereocenters. The Morgan fingerprint density at radius 3 is 2.97 bits per heavy atom. The molecule has 0 saturated heterocycles. The molecule has 0 bridgehead atoms. The predicted octanol–water partition coefficient (Wildman–Crippen LogP) is 5.54. The Morgan fingerprint density at radius 1 is 1.30 bits per heavy atom. The van der Waals surface area contributed by atoms with Crippen LogP contribution >= 0.6 is 34.4 Å². The Hall–Kier alpha value is -2.95. The fraction of sp³-hybridized carbons (Fsp3) is 0.217. The van der Waals surface area contributed by atoms with Crippen LogP contribution < -0.4 is 10.1 Å². The molecule has 4 aromatic heterocycles. The van der Waals surface area contributed by atoms with Gasteiger partial charge in [0, 0.05) is 24.7 Å². The second-order valence-electron chi connectivity index (χ2n) is 7.46. The summed E-state index contributed by atoms with van der Waals surface area (Å²) in [4.78, 5) is 22.2. The van der Waals surface area contributed by atoms with Crippen LogP contribution in [0.4, 0.5) is 5.69 Å². The van der Waals surface area contributed by atoms with Gasteiger partial charge in [0.15, 0.2) is 9.99 Å². The molecule has 0 saturated carbocycles. The number of anilines is 1. The summed E-state index contributed by atoms with van der Waals surface area (Å²) in [6.45, 7) is 1.88. The van der Waals surface area contributed by atoms with Crippen LogP contribution in [-0.2, 0) is 13.5 Å². The zero-order valence-electron chi connectivity index (χ0n) is 18.3. The normalized spacial score (nSPS) is 11.4. The van der Waals surface area contributed by atoms with Crippen molar-refractivity contribution in [2.45, 2.75) is 17.7 Å². The van der Waals surface area contributed by atoms with Crippen molar-refractivity contribution in [2.75, 3.05) is 18.2 Å². The average molecular weight is 496 g/mol. The van der Waals surface area contributed by atoms with E-state index >= 15 is 0 Å². The van der Waals surface area contributed by atoms with Gasteiger partial charge >= 0.3 is 0 Å². The highest BCUT2D eigenvalue weighted by atomic mass is 32.2. The van der Waals surface area contributed by atoms with Crippen molar-refractivity contribution in [1.29, 1.82) is 0 Å². The summed E-state index contributed by atoms with van der Waals surface area (Å²) < 4.78 is 9.34. The van der Waals surface area contributed by atoms with E-state index in [-0.39, 0.29) is 5.91 Å². The van der Waals surface area contributed by atoms with Gasteiger partial charge in [-0.3, -0.25) is 9.48 Å². The van der Waals surface area contributed by atoms with Gasteiger partial charge in [0.25, 0.3) is 5.91 Å². The molecule has 0 aliphatic heterocycles. The third-order valence-electron chi connectivity index (χ3n) is 5.25. The molecule has 4 heterocycles. The molecule has 0 spiro atoms. The number of hydrogen-bond donors (Lipinski definition) is 1. The van der Waals surface area contributed by atoms with Crippen LogP contribution in [0.5, 0.6) is 5.75 Å². The first-order valence-electron chi connectivity index (χ1n) is 10.3. The van der Waals surface area contributed by atoms with Gasteiger partial charge in [-0.15, -0.1) is 11.3 Å². The molecule has 0 unspecified atom stereocenters. The van der Waals surface area contributed by atoms with Crippen molar-refractivity contribution in [1.82, 2.24) is 19.7 Å². The highest BCUT2D eigenvalue weighted by Gasteiger charge is 2.21. The lowest BCUT2D eigenvalue weighted by molar-refractivity contribution is 0.102. The standard InChI is InChI=1S/C23H21N5O2S3/c1-13-19-20(30-3)16(11-24-21(19)28(2)27-13)22(29)25-15-4-5-17-18(10-15)33-23(26-17)32-9-7-14-6-8-31-12-14/h4-6,8,10-12H,7,9H2,1-3H3,(H,25,29). The maximum Gasteiger partial charge on any atom is 0.261 e. The molecule has 168 valence electrons. The maximum atomic E-state index is 13.1. The minimum absolute atomic E-state index is 0.279. The first-order valence-corrected chi connectivity index (χ1v) is 13.0. The summed E-state index contributed by atoms with van der Waals surface area (Å²) >= 11 is 5.13. The van der Waals surface area contributed by atoms with Crippen LogP contribution in [0.3, 0.4) is 0 Å². The Balaban J connectivity index is 1.34. The number of thiophene rings is 1. The molecule has 1 amide bonds. The third kappa shape index (κ3) is 4.33. The van der Waals surface area contributed by atoms with Gasteiger partial charge in [0.05, 0.1) is 28.4 Å². The number of fused-ring (bicyclic) bond motifs is 2. The molecule has 0 radical (unpaired) electrons. The van der Waals surface area contributed by atoms with Gasteiger partial charge in [-0.2, -0.15) is 16.4 Å². The van der Waals surface area contributed by atoms with Crippen LogP contribution in [0.25, 0.3) is 21.3 Å². The molecule has 0 aliphatic carbocycles. The van der Waals surface area contributed by atoms with E-state index < -0.39 is 0 Å². The highest BCUT2D eigenvalue weighted by Crippen LogP contribution is 2.33. The molecule has 0 fully saturated rings. The van der Waals surface area contributed by atoms with Gasteiger partial charge in [-0.1, -0.05) is 11.8 Å². The fourth-order valence-corrected chi connectivity index (χ4v) is 6.55. The molecular weight excluding hydrogens is 474 g/mol. The lowest BCUT2D eigenvalue weighted by atomic mass is 10.1. The van der Waals surface area contributed by atoms with Crippen LogP contribution in [0, 0.1) is 6.92 Å². The Labute approximate surface area is 202 Å². The van der Waals surface area contributed by atoms with Crippen molar-refractivity contribution < 1.29 is 9.53 Å². The summed E-state index contributed by atoms with van der Waals surface area (Å²) in [7, 11) is 3.37. The number of hydrogen-bond acceptors (Lipinski definition) is 8. The van der Waals surface area contributed by atoms with E-state index in [9.17, 15) is 4.79 Å². The Bertz CT molecular complexity index is 1460. The molecule has 5 rings (SSSR count). The first kappa shape index (κ1) is 21.9. The number of methoxy groups -OCH3 is 1. The number of aromatic nitrogens is 4. The van der Waals surface area contributed by atoms with Crippen molar-refractivity contribution in [3.8, 4) is 5.75 Å². The third-order valence-corrected chi connectivity index (χ3v) is 8.15. The number of nitrogens with zero attached hydrogens (tertiary/aromatic N) is 4. The molecule has 33 heavy (non-hydrogen) atoms. The minimum atomic E-state index is -0.279. The second-order valence-corrected chi connectivity index (χ2v) is 10.6. The van der Waals surface area contributed by atoms with Crippen molar-refractivity contribution in [3.63, 3.8) is 0 Å². The van der Waals surface area contributed by atoms with E-state index in [1.165, 1.54) is 11.8 Å². The number of benzene rings is 1. The number of amides is 1. The number of thioether (sulfide) groups is 1. The van der Waals surface area contributed by atoms with Gasteiger partial charge in [-0.25, -0.2) is 9.97 Å². The Kier molecular flexibility index (Phi) is 6.05. The maximum absolute atomic E-state index is 13.1. The number of thiazole rings is 1. The minimum Gasteiger partial charge on any atom is -0.495 e. The molecular formula is C23H21N5O2S3. The largest absolute Gasteiger partial charge is 0.495 e. The number of pyridine rings is 1. The zero-order chi connectivity index (χ0) is 22.9. The topological polar surface area (TPSA) is 81.9 Å². The molecule has 10 heteroatoms. The first-order chi connectivity index (χ1) is 16.0. The number of rotatable bonds is 7. The smallest absolute Gasteiger partial charge is 0.261 e. The summed E-state index contributed by atoms with van der Waals surface area (Å²) in [5, 5.41) is 12.4. The van der Waals surface area contributed by atoms with E-state index in [0.29, 0.717) is 22.6 Å². The monoisotopic (exact) mass is 495 g/mol. The summed E-state index contributed by atoms with van der Waals surface area (Å²) in [6, 6.07) is 7.93. The molecule has 1 aromatic carbocycles. The highest BCUT2D eigenvalue weighted by molar-refractivity contribution is 8.01. The molecule has 0 aliphatic rings. The van der Waals surface area contributed by atoms with E-state index in [4.69, 9.17) is 9.72 Å². The molecule has 5 aromatic rings. The number of nitrogens with one attached hydrogen (secondary N) is 1. The van der Waals surface area contributed by atoms with Crippen LogP contribution in [0.15, 0.2) is 45.6 Å². The molecule has 1 N–H and O–H groups in total. The lowest BCUT2D eigenvalue weighted by Gasteiger charge is -2.10. The number of carbonyl (C=O) groups is 1. The summed E-state index contributed by atoms with van der Waals surface area (Å²) in [6.07, 6.45) is 2.56. The lowest BCUT2D eigenvalue weighted by Crippen LogP contribution is -2.14. The average Bonchev–Trinajstić information content (AvgIpc) is 3.52. The second kappa shape index (κ2) is 9.12. The summed E-state index contributed by atoms with van der Waals surface area (Å²) in [5.74, 6) is 1.19. The SMILES string of the molecule is COc1c(C(=O)Nc2ccc3nc(SCCc4ccsc4)sc3c2)cnc2c1c(C)nn2C. The van der Waals surface area contributed by atoms with E-state index in [2.05, 4.69) is 32.2 Å². The van der Waals surface area contributed by atoms with Gasteiger partial charge < -0.3 is 10.1 Å². The number of carbonyl (C=O) groups excluding carboxylic acids is 1. The number of aryl methyl sites for hydroxylation is 3. The van der Waals surface area contributed by atoms with E-state index in [1.807, 2.05) is 32.2 Å². The fourth-order valence-electron chi connectivity index (χ4n) is 3.69. The van der Waals surface area contributed by atoms with Gasteiger partial charge in [0.2, 0.25) is 0 Å². The molecule has 7 nitrogen and oxygen atoms in total.